The molecule has 0 unspecified atom stereocenters. The van der Waals surface area contributed by atoms with Crippen LogP contribution < -0.4 is 11.3 Å². The molecule has 5 N–H and O–H groups in total. The molecule has 0 aliphatic heterocycles. The number of carboxylic acids is 2. The maximum absolute atomic E-state index is 12.4. The Balaban J connectivity index is 0.000000209. The van der Waals surface area contributed by atoms with Gasteiger partial charge in [0.1, 0.15) is 16.7 Å². The number of nitrogens with zero attached hydrogens (tertiary/aromatic N) is 1. The first kappa shape index (κ1) is 22.5. The van der Waals surface area contributed by atoms with Crippen molar-refractivity contribution in [3.05, 3.63) is 62.3 Å². The molecule has 0 fully saturated rings. The topological polar surface area (TPSA) is 146 Å². The SMILES string of the molecule is Cl.N[C@@H](C(=O)O)c1ccc(F)cc1.O=C(O)c1nc2sc3c(c2c(=O)[nH]1)CCC3. The van der Waals surface area contributed by atoms with E-state index in [0.717, 1.165) is 24.8 Å². The number of H-pyrrole nitrogens is 1. The number of benzene rings is 1. The van der Waals surface area contributed by atoms with Gasteiger partial charge in [-0.3, -0.25) is 9.59 Å². The summed E-state index contributed by atoms with van der Waals surface area (Å²) < 4.78 is 12.4. The number of thiophene rings is 1. The fraction of sp³-hybridized carbons (Fsp3) is 0.222. The summed E-state index contributed by atoms with van der Waals surface area (Å²) in [5.41, 5.74) is 6.39. The summed E-state index contributed by atoms with van der Waals surface area (Å²) in [6, 6.07) is 3.99. The van der Waals surface area contributed by atoms with Crippen molar-refractivity contribution in [1.82, 2.24) is 9.97 Å². The highest BCUT2D eigenvalue weighted by atomic mass is 35.5. The number of fused-ring (bicyclic) bond motifs is 3. The zero-order chi connectivity index (χ0) is 20.4. The maximum atomic E-state index is 12.4. The molecule has 2 aromatic heterocycles. The van der Waals surface area contributed by atoms with Gasteiger partial charge < -0.3 is 20.9 Å². The Labute approximate surface area is 173 Å². The van der Waals surface area contributed by atoms with Crippen molar-refractivity contribution in [2.45, 2.75) is 25.3 Å². The Morgan fingerprint density at radius 1 is 1.21 bits per heavy atom. The van der Waals surface area contributed by atoms with Gasteiger partial charge in [0, 0.05) is 4.88 Å². The van der Waals surface area contributed by atoms with Crippen LogP contribution in [0.15, 0.2) is 29.1 Å². The Hall–Kier alpha value is -2.82. The number of aromatic nitrogens is 2. The van der Waals surface area contributed by atoms with E-state index in [4.69, 9.17) is 15.9 Å². The van der Waals surface area contributed by atoms with Gasteiger partial charge in [0.15, 0.2) is 0 Å². The molecule has 8 nitrogen and oxygen atoms in total. The fourth-order valence-electron chi connectivity index (χ4n) is 2.92. The van der Waals surface area contributed by atoms with E-state index in [9.17, 15) is 18.8 Å². The molecule has 0 bridgehead atoms. The smallest absolute Gasteiger partial charge is 0.372 e. The molecule has 0 amide bonds. The minimum absolute atomic E-state index is 0. The number of aromatic amines is 1. The molecule has 2 heterocycles. The summed E-state index contributed by atoms with van der Waals surface area (Å²) in [6.07, 6.45) is 2.93. The lowest BCUT2D eigenvalue weighted by Crippen LogP contribution is -2.20. The minimum atomic E-state index is -1.20. The summed E-state index contributed by atoms with van der Waals surface area (Å²) in [6.45, 7) is 0. The molecule has 0 spiro atoms. The zero-order valence-electron chi connectivity index (χ0n) is 14.8. The second-order valence-corrected chi connectivity index (χ2v) is 7.21. The minimum Gasteiger partial charge on any atom is -0.480 e. The zero-order valence-corrected chi connectivity index (χ0v) is 16.5. The van der Waals surface area contributed by atoms with Gasteiger partial charge in [-0.15, -0.1) is 23.7 Å². The molecule has 0 saturated heterocycles. The van der Waals surface area contributed by atoms with Crippen LogP contribution >= 0.6 is 23.7 Å². The average Bonchev–Trinajstić information content (AvgIpc) is 3.22. The van der Waals surface area contributed by atoms with E-state index >= 15 is 0 Å². The van der Waals surface area contributed by atoms with Gasteiger partial charge in [-0.2, -0.15) is 0 Å². The predicted molar refractivity (Wildman–Crippen MR) is 107 cm³/mol. The Morgan fingerprint density at radius 3 is 2.45 bits per heavy atom. The Bertz CT molecular complexity index is 1110. The van der Waals surface area contributed by atoms with Gasteiger partial charge in [0.2, 0.25) is 5.82 Å². The van der Waals surface area contributed by atoms with Crippen LogP contribution in [0.2, 0.25) is 0 Å². The number of halogens is 2. The number of aromatic carboxylic acids is 1. The lowest BCUT2D eigenvalue weighted by Gasteiger charge is -2.05. The Kier molecular flexibility index (Phi) is 7.07. The first-order valence-corrected chi connectivity index (χ1v) is 9.11. The first-order valence-electron chi connectivity index (χ1n) is 8.29. The van der Waals surface area contributed by atoms with Crippen LogP contribution in [0.25, 0.3) is 10.2 Å². The van der Waals surface area contributed by atoms with Crippen LogP contribution in [0, 0.1) is 5.82 Å². The number of carbonyl (C=O) groups is 2. The Morgan fingerprint density at radius 2 is 1.86 bits per heavy atom. The highest BCUT2D eigenvalue weighted by Gasteiger charge is 2.22. The van der Waals surface area contributed by atoms with Crippen molar-refractivity contribution in [3.63, 3.8) is 0 Å². The fourth-order valence-corrected chi connectivity index (χ4v) is 4.18. The number of hydrogen-bond donors (Lipinski definition) is 4. The number of hydrogen-bond acceptors (Lipinski definition) is 6. The number of aryl methyl sites for hydroxylation is 2. The molecule has 1 aromatic carbocycles. The molecular weight excluding hydrogens is 425 g/mol. The largest absolute Gasteiger partial charge is 0.480 e. The normalized spacial score (nSPS) is 13.0. The number of rotatable bonds is 3. The van der Waals surface area contributed by atoms with Gasteiger partial charge in [0.05, 0.1) is 5.39 Å². The van der Waals surface area contributed by atoms with Crippen LogP contribution in [0.1, 0.15) is 39.1 Å². The van der Waals surface area contributed by atoms with Gasteiger partial charge in [0.25, 0.3) is 5.56 Å². The van der Waals surface area contributed by atoms with Crippen LogP contribution in [-0.4, -0.2) is 32.1 Å². The van der Waals surface area contributed by atoms with Crippen LogP contribution in [-0.2, 0) is 17.6 Å². The molecule has 0 radical (unpaired) electrons. The predicted octanol–water partition coefficient (Wildman–Crippen LogP) is 2.50. The van der Waals surface area contributed by atoms with Crippen molar-refractivity contribution >= 4 is 45.9 Å². The maximum Gasteiger partial charge on any atom is 0.372 e. The number of aliphatic carboxylic acids is 1. The molecule has 1 aliphatic carbocycles. The molecule has 11 heteroatoms. The third-order valence-electron chi connectivity index (χ3n) is 4.27. The monoisotopic (exact) mass is 441 g/mol. The van der Waals surface area contributed by atoms with E-state index in [1.165, 1.54) is 40.5 Å². The molecule has 29 heavy (non-hydrogen) atoms. The van der Waals surface area contributed by atoms with E-state index in [2.05, 4.69) is 9.97 Å². The quantitative estimate of drug-likeness (QED) is 0.488. The van der Waals surface area contributed by atoms with Crippen LogP contribution in [0.3, 0.4) is 0 Å². The average molecular weight is 442 g/mol. The van der Waals surface area contributed by atoms with Crippen molar-refractivity contribution in [1.29, 1.82) is 0 Å². The van der Waals surface area contributed by atoms with Crippen LogP contribution in [0.4, 0.5) is 4.39 Å². The lowest BCUT2D eigenvalue weighted by molar-refractivity contribution is -0.138. The summed E-state index contributed by atoms with van der Waals surface area (Å²) in [5, 5.41) is 17.9. The highest BCUT2D eigenvalue weighted by Crippen LogP contribution is 2.34. The third kappa shape index (κ3) is 4.78. The molecule has 4 rings (SSSR count). The van der Waals surface area contributed by atoms with E-state index in [0.29, 0.717) is 15.8 Å². The summed E-state index contributed by atoms with van der Waals surface area (Å²) in [7, 11) is 0. The summed E-state index contributed by atoms with van der Waals surface area (Å²) in [4.78, 5) is 40.9. The van der Waals surface area contributed by atoms with E-state index in [1.54, 1.807) is 0 Å². The summed E-state index contributed by atoms with van der Waals surface area (Å²) in [5.74, 6) is -3.01. The van der Waals surface area contributed by atoms with Gasteiger partial charge in [-0.05, 0) is 42.5 Å². The highest BCUT2D eigenvalue weighted by molar-refractivity contribution is 7.18. The molecular formula is C18H17ClFN3O5S. The van der Waals surface area contributed by atoms with Crippen molar-refractivity contribution in [3.8, 4) is 0 Å². The molecule has 0 saturated carbocycles. The first-order chi connectivity index (χ1) is 13.3. The molecule has 3 aromatic rings. The number of nitrogens with one attached hydrogen (secondary N) is 1. The lowest BCUT2D eigenvalue weighted by atomic mass is 10.1. The van der Waals surface area contributed by atoms with E-state index < -0.39 is 23.8 Å². The number of nitrogens with two attached hydrogens (primary N) is 1. The molecule has 1 atom stereocenters. The van der Waals surface area contributed by atoms with E-state index in [1.807, 2.05) is 0 Å². The second kappa shape index (κ2) is 9.12. The van der Waals surface area contributed by atoms with Crippen LogP contribution in [0.5, 0.6) is 0 Å². The van der Waals surface area contributed by atoms with Crippen molar-refractivity contribution < 1.29 is 24.2 Å². The van der Waals surface area contributed by atoms with Gasteiger partial charge >= 0.3 is 11.9 Å². The van der Waals surface area contributed by atoms with Crippen molar-refractivity contribution in [2.24, 2.45) is 5.73 Å². The van der Waals surface area contributed by atoms with Crippen molar-refractivity contribution in [2.75, 3.05) is 0 Å². The standard InChI is InChI=1S/C10H8N2O3S.C8H8FNO2.ClH/c13-8-6-4-2-1-3-5(4)16-9(6)12-7(11-8)10(14)15;9-6-3-1-5(2-4-6)7(10)8(11)12;/h1-3H2,(H,14,15)(H,11,12,13);1-4,7H,10H2,(H,11,12);1H/t;7-;/m.1./s1. The van der Waals surface area contributed by atoms with Gasteiger partial charge in [-0.1, -0.05) is 12.1 Å². The molecule has 154 valence electrons. The third-order valence-corrected chi connectivity index (χ3v) is 5.46. The summed E-state index contributed by atoms with van der Waals surface area (Å²) >= 11 is 1.44. The van der Waals surface area contributed by atoms with E-state index in [-0.39, 0.29) is 23.8 Å². The molecule has 1 aliphatic rings. The van der Waals surface area contributed by atoms with Gasteiger partial charge in [-0.25, -0.2) is 14.2 Å². The second-order valence-electron chi connectivity index (χ2n) is 6.12. The number of carboxylic acid groups (broad SMARTS) is 2.